The van der Waals surface area contributed by atoms with Gasteiger partial charge in [-0.3, -0.25) is 4.98 Å². The Morgan fingerprint density at radius 3 is 2.40 bits per heavy atom. The molecular weight excluding hydrogens is 252 g/mol. The van der Waals surface area contributed by atoms with E-state index in [0.717, 1.165) is 17.1 Å². The zero-order valence-electron chi connectivity index (χ0n) is 11.3. The van der Waals surface area contributed by atoms with Gasteiger partial charge in [0.1, 0.15) is 11.5 Å². The molecule has 3 aromatic heterocycles. The van der Waals surface area contributed by atoms with Crippen LogP contribution in [0.5, 0.6) is 0 Å². The molecule has 0 amide bonds. The number of aryl methyl sites for hydroxylation is 2. The molecule has 3 heterocycles. The fraction of sp³-hybridized carbons (Fsp3) is 0.143. The number of nitrogens with two attached hydrogens (primary N) is 1. The summed E-state index contributed by atoms with van der Waals surface area (Å²) in [6, 6.07) is 9.32. The summed E-state index contributed by atoms with van der Waals surface area (Å²) in [5, 5.41) is 4.44. The molecule has 0 radical (unpaired) electrons. The molecule has 2 N–H and O–H groups in total. The van der Waals surface area contributed by atoms with Gasteiger partial charge in [0.2, 0.25) is 0 Å². The Hall–Kier alpha value is -2.76. The van der Waals surface area contributed by atoms with Gasteiger partial charge in [-0.05, 0) is 32.0 Å². The average Bonchev–Trinajstić information content (AvgIpc) is 2.81. The van der Waals surface area contributed by atoms with E-state index < -0.39 is 0 Å². The third-order valence-electron chi connectivity index (χ3n) is 2.82. The van der Waals surface area contributed by atoms with Crippen LogP contribution in [-0.4, -0.2) is 24.7 Å². The number of nitrogens with zero attached hydrogens (tertiary/aromatic N) is 5. The summed E-state index contributed by atoms with van der Waals surface area (Å²) in [5.74, 6) is 0.956. The number of nitrogen functional groups attached to an aromatic ring is 1. The van der Waals surface area contributed by atoms with Gasteiger partial charge in [-0.15, -0.1) is 0 Å². The number of hydrogen-bond acceptors (Lipinski definition) is 5. The molecule has 0 aliphatic heterocycles. The van der Waals surface area contributed by atoms with E-state index in [2.05, 4.69) is 20.1 Å². The summed E-state index contributed by atoms with van der Waals surface area (Å²) in [7, 11) is 0. The van der Waals surface area contributed by atoms with E-state index in [1.165, 1.54) is 4.68 Å². The van der Waals surface area contributed by atoms with Crippen molar-refractivity contribution in [1.82, 2.24) is 24.7 Å². The van der Waals surface area contributed by atoms with Crippen molar-refractivity contribution in [3.8, 4) is 17.3 Å². The van der Waals surface area contributed by atoms with Crippen LogP contribution >= 0.6 is 0 Å². The van der Waals surface area contributed by atoms with Crippen molar-refractivity contribution < 1.29 is 0 Å². The summed E-state index contributed by atoms with van der Waals surface area (Å²) in [4.78, 5) is 13.0. The maximum Gasteiger partial charge on any atom is 0.252 e. The van der Waals surface area contributed by atoms with Crippen LogP contribution in [0, 0.1) is 13.8 Å². The molecule has 0 aliphatic carbocycles. The first-order valence-corrected chi connectivity index (χ1v) is 6.23. The van der Waals surface area contributed by atoms with Crippen molar-refractivity contribution in [2.24, 2.45) is 0 Å². The first kappa shape index (κ1) is 12.3. The predicted octanol–water partition coefficient (Wildman–Crippen LogP) is 1.92. The lowest BCUT2D eigenvalue weighted by atomic mass is 10.3. The molecule has 3 rings (SSSR count). The number of rotatable bonds is 2. The van der Waals surface area contributed by atoms with Crippen LogP contribution in [0.15, 0.2) is 36.5 Å². The van der Waals surface area contributed by atoms with Crippen LogP contribution in [0.2, 0.25) is 0 Å². The second kappa shape index (κ2) is 4.73. The Balaban J connectivity index is 2.09. The van der Waals surface area contributed by atoms with Gasteiger partial charge < -0.3 is 5.73 Å². The highest BCUT2D eigenvalue weighted by Crippen LogP contribution is 2.19. The fourth-order valence-corrected chi connectivity index (χ4v) is 2.00. The van der Waals surface area contributed by atoms with Gasteiger partial charge in [0.25, 0.3) is 5.95 Å². The molecule has 0 fully saturated rings. The van der Waals surface area contributed by atoms with E-state index >= 15 is 0 Å². The molecule has 6 heteroatoms. The van der Waals surface area contributed by atoms with Crippen LogP contribution in [0.3, 0.4) is 0 Å². The van der Waals surface area contributed by atoms with Crippen LogP contribution in [0.25, 0.3) is 17.3 Å². The summed E-state index contributed by atoms with van der Waals surface area (Å²) >= 11 is 0. The summed E-state index contributed by atoms with van der Waals surface area (Å²) < 4.78 is 1.53. The monoisotopic (exact) mass is 266 g/mol. The van der Waals surface area contributed by atoms with Crippen LogP contribution in [0.4, 0.5) is 5.82 Å². The van der Waals surface area contributed by atoms with Crippen LogP contribution in [-0.2, 0) is 0 Å². The lowest BCUT2D eigenvalue weighted by Crippen LogP contribution is -2.08. The Labute approximate surface area is 116 Å². The normalized spacial score (nSPS) is 10.7. The molecule has 20 heavy (non-hydrogen) atoms. The highest BCUT2D eigenvalue weighted by molar-refractivity contribution is 5.59. The summed E-state index contributed by atoms with van der Waals surface area (Å²) in [5.41, 5.74) is 9.22. The van der Waals surface area contributed by atoms with E-state index in [1.54, 1.807) is 12.3 Å². The molecule has 0 saturated carbocycles. The van der Waals surface area contributed by atoms with Gasteiger partial charge in [0.15, 0.2) is 0 Å². The maximum absolute atomic E-state index is 6.00. The van der Waals surface area contributed by atoms with Crippen molar-refractivity contribution in [3.05, 3.63) is 47.9 Å². The minimum atomic E-state index is 0.474. The molecule has 100 valence electrons. The first-order chi connectivity index (χ1) is 9.63. The van der Waals surface area contributed by atoms with E-state index in [1.807, 2.05) is 38.1 Å². The minimum Gasteiger partial charge on any atom is -0.383 e. The molecule has 0 aromatic carbocycles. The average molecular weight is 266 g/mol. The molecule has 0 bridgehead atoms. The molecular formula is C14H14N6. The van der Waals surface area contributed by atoms with Crippen molar-refractivity contribution >= 4 is 5.82 Å². The first-order valence-electron chi connectivity index (χ1n) is 6.23. The lowest BCUT2D eigenvalue weighted by Gasteiger charge is -2.04. The predicted molar refractivity (Wildman–Crippen MR) is 76.3 cm³/mol. The van der Waals surface area contributed by atoms with Gasteiger partial charge in [0, 0.05) is 23.7 Å². The minimum absolute atomic E-state index is 0.474. The smallest absolute Gasteiger partial charge is 0.252 e. The van der Waals surface area contributed by atoms with Crippen molar-refractivity contribution in [2.75, 3.05) is 5.73 Å². The quantitative estimate of drug-likeness (QED) is 0.766. The molecule has 3 aromatic rings. The Morgan fingerprint density at radius 2 is 1.75 bits per heavy atom. The zero-order valence-corrected chi connectivity index (χ0v) is 11.3. The van der Waals surface area contributed by atoms with E-state index in [9.17, 15) is 0 Å². The molecule has 0 atom stereocenters. The summed E-state index contributed by atoms with van der Waals surface area (Å²) in [6.45, 7) is 3.83. The Morgan fingerprint density at radius 1 is 1.00 bits per heavy atom. The largest absolute Gasteiger partial charge is 0.383 e. The van der Waals surface area contributed by atoms with Crippen LogP contribution < -0.4 is 5.73 Å². The topological polar surface area (TPSA) is 82.5 Å². The fourth-order valence-electron chi connectivity index (χ4n) is 2.00. The van der Waals surface area contributed by atoms with Gasteiger partial charge in [-0.25, -0.2) is 9.97 Å². The molecule has 0 spiro atoms. The van der Waals surface area contributed by atoms with E-state index in [-0.39, 0.29) is 0 Å². The molecule has 0 saturated heterocycles. The van der Waals surface area contributed by atoms with E-state index in [4.69, 9.17) is 5.73 Å². The Kier molecular flexibility index (Phi) is 2.90. The molecule has 0 unspecified atom stereocenters. The number of hydrogen-bond donors (Lipinski definition) is 1. The zero-order chi connectivity index (χ0) is 14.1. The summed E-state index contributed by atoms with van der Waals surface area (Å²) in [6.07, 6.45) is 1.72. The van der Waals surface area contributed by atoms with Gasteiger partial charge >= 0.3 is 0 Å². The molecule has 6 nitrogen and oxygen atoms in total. The number of aromatic nitrogens is 5. The maximum atomic E-state index is 6.00. The second-order valence-electron chi connectivity index (χ2n) is 4.53. The van der Waals surface area contributed by atoms with E-state index in [0.29, 0.717) is 17.5 Å². The highest BCUT2D eigenvalue weighted by Gasteiger charge is 2.12. The second-order valence-corrected chi connectivity index (χ2v) is 4.53. The van der Waals surface area contributed by atoms with Crippen LogP contribution in [0.1, 0.15) is 11.4 Å². The standard InChI is InChI=1S/C14H14N6/c1-9-7-10(2)18-14(17-9)20-13(15)8-12(19-20)11-5-3-4-6-16-11/h3-8H,15H2,1-2H3. The van der Waals surface area contributed by atoms with Gasteiger partial charge in [-0.2, -0.15) is 9.78 Å². The van der Waals surface area contributed by atoms with Crippen molar-refractivity contribution in [3.63, 3.8) is 0 Å². The van der Waals surface area contributed by atoms with Gasteiger partial charge in [-0.1, -0.05) is 6.07 Å². The highest BCUT2D eigenvalue weighted by atomic mass is 15.4. The Bertz CT molecular complexity index is 727. The third-order valence-corrected chi connectivity index (χ3v) is 2.82. The van der Waals surface area contributed by atoms with Crippen molar-refractivity contribution in [2.45, 2.75) is 13.8 Å². The SMILES string of the molecule is Cc1cc(C)nc(-n2nc(-c3ccccn3)cc2N)n1. The molecule has 0 aliphatic rings. The number of anilines is 1. The lowest BCUT2D eigenvalue weighted by molar-refractivity contribution is 0.804. The number of pyridine rings is 1. The van der Waals surface area contributed by atoms with Crippen molar-refractivity contribution in [1.29, 1.82) is 0 Å². The van der Waals surface area contributed by atoms with Gasteiger partial charge in [0.05, 0.1) is 5.69 Å². The third kappa shape index (κ3) is 2.23.